The standard InChI is InChI=1S/C21H22N6OS3/c1-5-17-23-25-20(31-17)22-16(28)11-30-21-26-24-19(27(21)4)15-10-29-13(3)18(15)14-8-6-12(2)7-9-14/h6-10H,5,11H2,1-4H3,(H,22,25,28). The Kier molecular flexibility index (Phi) is 6.49. The fourth-order valence-corrected chi connectivity index (χ4v) is 5.38. The number of nitrogens with zero attached hydrogens (tertiary/aromatic N) is 5. The zero-order valence-electron chi connectivity index (χ0n) is 17.7. The first-order valence-electron chi connectivity index (χ1n) is 9.76. The van der Waals surface area contributed by atoms with Gasteiger partial charge in [-0.15, -0.1) is 31.7 Å². The van der Waals surface area contributed by atoms with Crippen LogP contribution < -0.4 is 5.32 Å². The first-order valence-corrected chi connectivity index (χ1v) is 12.4. The molecule has 0 spiro atoms. The summed E-state index contributed by atoms with van der Waals surface area (Å²) in [7, 11) is 1.93. The van der Waals surface area contributed by atoms with Crippen LogP contribution in [0.5, 0.6) is 0 Å². The normalized spacial score (nSPS) is 11.1. The number of anilines is 1. The maximum absolute atomic E-state index is 12.3. The SMILES string of the molecule is CCc1nnc(NC(=O)CSc2nnc(-c3csc(C)c3-c3ccc(C)cc3)n2C)s1. The number of thioether (sulfide) groups is 1. The van der Waals surface area contributed by atoms with Gasteiger partial charge in [0.25, 0.3) is 0 Å². The quantitative estimate of drug-likeness (QED) is 0.384. The maximum Gasteiger partial charge on any atom is 0.236 e. The van der Waals surface area contributed by atoms with E-state index in [-0.39, 0.29) is 11.7 Å². The first kappa shape index (κ1) is 21.7. The summed E-state index contributed by atoms with van der Waals surface area (Å²) in [6.07, 6.45) is 0.802. The van der Waals surface area contributed by atoms with Gasteiger partial charge in [0.2, 0.25) is 11.0 Å². The summed E-state index contributed by atoms with van der Waals surface area (Å²) in [5.74, 6) is 0.875. The molecule has 3 heterocycles. The summed E-state index contributed by atoms with van der Waals surface area (Å²) >= 11 is 4.45. The molecular weight excluding hydrogens is 448 g/mol. The lowest BCUT2D eigenvalue weighted by molar-refractivity contribution is -0.113. The number of aromatic nitrogens is 5. The van der Waals surface area contributed by atoms with E-state index in [1.165, 1.54) is 44.7 Å². The molecule has 160 valence electrons. The smallest absolute Gasteiger partial charge is 0.236 e. The van der Waals surface area contributed by atoms with Crippen LogP contribution in [0.2, 0.25) is 0 Å². The summed E-state index contributed by atoms with van der Waals surface area (Å²) in [5.41, 5.74) is 4.63. The van der Waals surface area contributed by atoms with Crippen LogP contribution in [0.3, 0.4) is 0 Å². The van der Waals surface area contributed by atoms with Crippen molar-refractivity contribution >= 4 is 45.5 Å². The van der Waals surface area contributed by atoms with E-state index in [9.17, 15) is 4.79 Å². The monoisotopic (exact) mass is 470 g/mol. The highest BCUT2D eigenvalue weighted by Gasteiger charge is 2.19. The second-order valence-electron chi connectivity index (χ2n) is 7.00. The number of hydrogen-bond donors (Lipinski definition) is 1. The molecule has 0 aliphatic rings. The van der Waals surface area contributed by atoms with E-state index in [2.05, 4.69) is 69.2 Å². The molecule has 10 heteroatoms. The van der Waals surface area contributed by atoms with Gasteiger partial charge in [-0.2, -0.15) is 0 Å². The lowest BCUT2D eigenvalue weighted by atomic mass is 10.0. The van der Waals surface area contributed by atoms with Gasteiger partial charge in [0.15, 0.2) is 11.0 Å². The molecule has 4 aromatic rings. The fourth-order valence-electron chi connectivity index (χ4n) is 3.11. The Hall–Kier alpha value is -2.56. The first-order chi connectivity index (χ1) is 15.0. The molecule has 0 saturated carbocycles. The molecule has 1 aromatic carbocycles. The minimum atomic E-state index is -0.139. The van der Waals surface area contributed by atoms with Crippen molar-refractivity contribution < 1.29 is 4.79 Å². The molecule has 1 amide bonds. The summed E-state index contributed by atoms with van der Waals surface area (Å²) in [4.78, 5) is 13.5. The number of carbonyl (C=O) groups excluding carboxylic acids is 1. The molecule has 0 saturated heterocycles. The second kappa shape index (κ2) is 9.29. The Bertz CT molecular complexity index is 1210. The van der Waals surface area contributed by atoms with E-state index in [0.29, 0.717) is 10.3 Å². The molecule has 0 aliphatic heterocycles. The minimum Gasteiger partial charge on any atom is -0.305 e. The van der Waals surface area contributed by atoms with Gasteiger partial charge in [-0.05, 0) is 25.8 Å². The minimum absolute atomic E-state index is 0.139. The number of carbonyl (C=O) groups is 1. The molecular formula is C21H22N6OS3. The van der Waals surface area contributed by atoms with E-state index in [0.717, 1.165) is 22.8 Å². The van der Waals surface area contributed by atoms with Gasteiger partial charge in [-0.3, -0.25) is 10.1 Å². The zero-order chi connectivity index (χ0) is 22.0. The third-order valence-electron chi connectivity index (χ3n) is 4.74. The molecule has 0 radical (unpaired) electrons. The highest BCUT2D eigenvalue weighted by atomic mass is 32.2. The van der Waals surface area contributed by atoms with Gasteiger partial charge >= 0.3 is 0 Å². The third-order valence-corrected chi connectivity index (χ3v) is 7.65. The van der Waals surface area contributed by atoms with Gasteiger partial charge in [-0.1, -0.05) is 59.9 Å². The molecule has 0 fully saturated rings. The van der Waals surface area contributed by atoms with Gasteiger partial charge in [-0.25, -0.2) is 0 Å². The summed E-state index contributed by atoms with van der Waals surface area (Å²) in [6, 6.07) is 8.52. The summed E-state index contributed by atoms with van der Waals surface area (Å²) < 4.78 is 1.94. The number of hydrogen-bond acceptors (Lipinski definition) is 8. The van der Waals surface area contributed by atoms with Crippen LogP contribution in [0.1, 0.15) is 22.4 Å². The van der Waals surface area contributed by atoms with Crippen molar-refractivity contribution in [2.24, 2.45) is 7.05 Å². The number of aryl methyl sites for hydroxylation is 3. The molecule has 4 rings (SSSR count). The molecule has 0 aliphatic carbocycles. The summed E-state index contributed by atoms with van der Waals surface area (Å²) in [5, 5.41) is 23.8. The van der Waals surface area contributed by atoms with E-state index in [1.807, 2.05) is 18.5 Å². The van der Waals surface area contributed by atoms with E-state index < -0.39 is 0 Å². The predicted molar refractivity (Wildman–Crippen MR) is 128 cm³/mol. The van der Waals surface area contributed by atoms with Crippen molar-refractivity contribution in [2.45, 2.75) is 32.3 Å². The zero-order valence-corrected chi connectivity index (χ0v) is 20.1. The largest absolute Gasteiger partial charge is 0.305 e. The number of rotatable bonds is 7. The van der Waals surface area contributed by atoms with Gasteiger partial charge in [0.1, 0.15) is 5.01 Å². The second-order valence-corrected chi connectivity index (χ2v) is 10.1. The Balaban J connectivity index is 1.50. The van der Waals surface area contributed by atoms with Crippen LogP contribution >= 0.6 is 34.4 Å². The van der Waals surface area contributed by atoms with Crippen molar-refractivity contribution in [3.8, 4) is 22.5 Å². The molecule has 0 atom stereocenters. The lowest BCUT2D eigenvalue weighted by Crippen LogP contribution is -2.14. The Labute approximate surface area is 193 Å². The summed E-state index contributed by atoms with van der Waals surface area (Å²) in [6.45, 7) is 6.21. The van der Waals surface area contributed by atoms with Crippen LogP contribution in [0, 0.1) is 13.8 Å². The maximum atomic E-state index is 12.3. The van der Waals surface area contributed by atoms with Crippen molar-refractivity contribution in [3.05, 3.63) is 45.1 Å². The number of thiophene rings is 1. The molecule has 3 aromatic heterocycles. The highest BCUT2D eigenvalue weighted by molar-refractivity contribution is 7.99. The highest BCUT2D eigenvalue weighted by Crippen LogP contribution is 2.38. The molecule has 7 nitrogen and oxygen atoms in total. The predicted octanol–water partition coefficient (Wildman–Crippen LogP) is 4.97. The molecule has 0 bridgehead atoms. The average molecular weight is 471 g/mol. The Morgan fingerprint density at radius 2 is 1.90 bits per heavy atom. The Morgan fingerprint density at radius 1 is 1.13 bits per heavy atom. The van der Waals surface area contributed by atoms with Crippen LogP contribution in [0.4, 0.5) is 5.13 Å². The van der Waals surface area contributed by atoms with Crippen LogP contribution in [0.25, 0.3) is 22.5 Å². The number of benzene rings is 1. The molecule has 31 heavy (non-hydrogen) atoms. The fraction of sp³-hybridized carbons (Fsp3) is 0.286. The molecule has 0 unspecified atom stereocenters. The van der Waals surface area contributed by atoms with Crippen molar-refractivity contribution in [3.63, 3.8) is 0 Å². The average Bonchev–Trinajstić information content (AvgIpc) is 3.46. The lowest BCUT2D eigenvalue weighted by Gasteiger charge is -2.07. The van der Waals surface area contributed by atoms with Crippen molar-refractivity contribution in [1.29, 1.82) is 0 Å². The van der Waals surface area contributed by atoms with Gasteiger partial charge in [0, 0.05) is 28.4 Å². The van der Waals surface area contributed by atoms with Crippen LogP contribution in [0.15, 0.2) is 34.8 Å². The van der Waals surface area contributed by atoms with E-state index in [1.54, 1.807) is 11.3 Å². The van der Waals surface area contributed by atoms with Crippen molar-refractivity contribution in [2.75, 3.05) is 11.1 Å². The topological polar surface area (TPSA) is 85.6 Å². The van der Waals surface area contributed by atoms with Gasteiger partial charge < -0.3 is 4.57 Å². The third kappa shape index (κ3) is 4.70. The van der Waals surface area contributed by atoms with Crippen molar-refractivity contribution in [1.82, 2.24) is 25.0 Å². The van der Waals surface area contributed by atoms with Gasteiger partial charge in [0.05, 0.1) is 5.75 Å². The molecule has 1 N–H and O–H groups in total. The van der Waals surface area contributed by atoms with Crippen LogP contribution in [-0.4, -0.2) is 36.6 Å². The van der Waals surface area contributed by atoms with E-state index >= 15 is 0 Å². The van der Waals surface area contributed by atoms with Crippen LogP contribution in [-0.2, 0) is 18.3 Å². The number of nitrogens with one attached hydrogen (secondary N) is 1. The Morgan fingerprint density at radius 3 is 2.61 bits per heavy atom. The number of amides is 1. The van der Waals surface area contributed by atoms with E-state index in [4.69, 9.17) is 0 Å².